The zero-order valence-corrected chi connectivity index (χ0v) is 26.2. The number of hydrogen-bond acceptors (Lipinski definition) is 0. The van der Waals surface area contributed by atoms with Gasteiger partial charge >= 0.3 is 0 Å². The zero-order chi connectivity index (χ0) is 31.6. The third-order valence-electron chi connectivity index (χ3n) is 9.92. The second-order valence-electron chi connectivity index (χ2n) is 12.5. The summed E-state index contributed by atoms with van der Waals surface area (Å²) in [6, 6.07) is 66.1. The third-order valence-corrected chi connectivity index (χ3v) is 9.92. The first kappa shape index (κ1) is 26.8. The molecule has 0 bridgehead atoms. The van der Waals surface area contributed by atoms with Crippen molar-refractivity contribution in [1.29, 1.82) is 0 Å². The lowest BCUT2D eigenvalue weighted by atomic mass is 9.91. The molecule has 0 radical (unpaired) electrons. The summed E-state index contributed by atoms with van der Waals surface area (Å²) >= 11 is 0. The van der Waals surface area contributed by atoms with Gasteiger partial charge in [0.1, 0.15) is 0 Å². The Bertz CT molecular complexity index is 2620. The summed E-state index contributed by atoms with van der Waals surface area (Å²) in [6.45, 7) is 0. The Balaban J connectivity index is 1.28. The standard InChI is InChI=1S/C46H30N2/c1-3-15-31(16-4-1)47-43-29-9-7-19-37(43)41-27-13-25-39(45(41)47)35-23-11-22-34-33(35)21-12-24-36(34)40-26-14-28-42-38-20-8-10-30-44(38)48(46(40)42)32-17-5-2-6-18-32/h1-30H. The molecule has 10 aromatic rings. The quantitative estimate of drug-likeness (QED) is 0.188. The Labute approximate surface area is 278 Å². The smallest absolute Gasteiger partial charge is 0.0619 e. The monoisotopic (exact) mass is 610 g/mol. The SMILES string of the molecule is c1ccc(-n2c3ccccc3c3cccc(-c4cccc5c(-c6cccc7c8ccccc8n(-c8ccccc8)c67)cccc45)c32)cc1. The molecule has 2 heterocycles. The van der Waals surface area contributed by atoms with Crippen LogP contribution in [0.15, 0.2) is 182 Å². The van der Waals surface area contributed by atoms with Crippen LogP contribution in [0.25, 0.3) is 88.0 Å². The fourth-order valence-corrected chi connectivity index (χ4v) is 7.94. The van der Waals surface area contributed by atoms with E-state index in [1.54, 1.807) is 0 Å². The van der Waals surface area contributed by atoms with Gasteiger partial charge < -0.3 is 9.13 Å². The van der Waals surface area contributed by atoms with Crippen LogP contribution in [0.2, 0.25) is 0 Å². The Hall–Kier alpha value is -6.38. The van der Waals surface area contributed by atoms with Gasteiger partial charge in [0.05, 0.1) is 22.1 Å². The van der Waals surface area contributed by atoms with Crippen LogP contribution in [0.1, 0.15) is 0 Å². The molecule has 2 heteroatoms. The van der Waals surface area contributed by atoms with E-state index in [4.69, 9.17) is 0 Å². The average Bonchev–Trinajstić information content (AvgIpc) is 3.69. The number of fused-ring (bicyclic) bond motifs is 7. The predicted octanol–water partition coefficient (Wildman–Crippen LogP) is 12.4. The van der Waals surface area contributed by atoms with Crippen molar-refractivity contribution in [3.8, 4) is 33.6 Å². The van der Waals surface area contributed by atoms with E-state index in [0.29, 0.717) is 0 Å². The summed E-state index contributed by atoms with van der Waals surface area (Å²) in [5.41, 5.74) is 12.1. The summed E-state index contributed by atoms with van der Waals surface area (Å²) in [7, 11) is 0. The van der Waals surface area contributed by atoms with E-state index in [9.17, 15) is 0 Å². The van der Waals surface area contributed by atoms with E-state index >= 15 is 0 Å². The molecule has 0 unspecified atom stereocenters. The van der Waals surface area contributed by atoms with E-state index < -0.39 is 0 Å². The second-order valence-corrected chi connectivity index (χ2v) is 12.5. The van der Waals surface area contributed by atoms with Gasteiger partial charge in [-0.15, -0.1) is 0 Å². The fraction of sp³-hybridized carbons (Fsp3) is 0. The first-order chi connectivity index (χ1) is 23.9. The molecule has 0 amide bonds. The molecule has 0 fully saturated rings. The molecular weight excluding hydrogens is 581 g/mol. The molecule has 2 nitrogen and oxygen atoms in total. The van der Waals surface area contributed by atoms with Crippen LogP contribution in [-0.2, 0) is 0 Å². The molecule has 10 rings (SSSR count). The molecule has 0 atom stereocenters. The molecule has 0 aliphatic heterocycles. The summed E-state index contributed by atoms with van der Waals surface area (Å²) in [6.07, 6.45) is 0. The lowest BCUT2D eigenvalue weighted by molar-refractivity contribution is 1.18. The Morgan fingerprint density at radius 1 is 0.229 bits per heavy atom. The van der Waals surface area contributed by atoms with Crippen molar-refractivity contribution >= 4 is 54.4 Å². The van der Waals surface area contributed by atoms with Gasteiger partial charge in [0, 0.05) is 44.0 Å². The Morgan fingerprint density at radius 3 is 1.00 bits per heavy atom. The number of nitrogens with zero attached hydrogens (tertiary/aromatic N) is 2. The first-order valence-electron chi connectivity index (χ1n) is 16.5. The molecule has 0 spiro atoms. The third kappa shape index (κ3) is 3.87. The highest BCUT2D eigenvalue weighted by Crippen LogP contribution is 2.44. The van der Waals surface area contributed by atoms with Gasteiger partial charge in [-0.05, 0) is 58.3 Å². The molecular formula is C46H30N2. The normalized spacial score (nSPS) is 11.8. The number of para-hydroxylation sites is 6. The Morgan fingerprint density at radius 2 is 0.562 bits per heavy atom. The van der Waals surface area contributed by atoms with Gasteiger partial charge in [-0.1, -0.05) is 146 Å². The highest BCUT2D eigenvalue weighted by molar-refractivity contribution is 6.19. The Kier molecular flexibility index (Phi) is 5.91. The van der Waals surface area contributed by atoms with Crippen molar-refractivity contribution in [3.05, 3.63) is 182 Å². The minimum Gasteiger partial charge on any atom is -0.309 e. The van der Waals surface area contributed by atoms with Crippen molar-refractivity contribution in [1.82, 2.24) is 9.13 Å². The van der Waals surface area contributed by atoms with E-state index in [2.05, 4.69) is 191 Å². The highest BCUT2D eigenvalue weighted by Gasteiger charge is 2.20. The van der Waals surface area contributed by atoms with E-state index in [1.807, 2.05) is 0 Å². The maximum absolute atomic E-state index is 2.43. The summed E-state index contributed by atoms with van der Waals surface area (Å²) in [4.78, 5) is 0. The number of aromatic nitrogens is 2. The van der Waals surface area contributed by atoms with Crippen molar-refractivity contribution in [2.24, 2.45) is 0 Å². The minimum absolute atomic E-state index is 1.16. The summed E-state index contributed by atoms with van der Waals surface area (Å²) < 4.78 is 4.86. The molecule has 48 heavy (non-hydrogen) atoms. The number of hydrogen-bond donors (Lipinski definition) is 0. The maximum Gasteiger partial charge on any atom is 0.0619 e. The van der Waals surface area contributed by atoms with Gasteiger partial charge in [0.25, 0.3) is 0 Å². The number of rotatable bonds is 4. The average molecular weight is 611 g/mol. The van der Waals surface area contributed by atoms with Crippen LogP contribution < -0.4 is 0 Å². The summed E-state index contributed by atoms with van der Waals surface area (Å²) in [5.74, 6) is 0. The molecule has 8 aromatic carbocycles. The van der Waals surface area contributed by atoms with Gasteiger partial charge in [0.15, 0.2) is 0 Å². The largest absolute Gasteiger partial charge is 0.309 e. The van der Waals surface area contributed by atoms with Gasteiger partial charge in [-0.25, -0.2) is 0 Å². The molecule has 0 saturated carbocycles. The first-order valence-corrected chi connectivity index (χ1v) is 16.5. The van der Waals surface area contributed by atoms with Gasteiger partial charge in [0.2, 0.25) is 0 Å². The van der Waals surface area contributed by atoms with Crippen LogP contribution in [0.3, 0.4) is 0 Å². The fourth-order valence-electron chi connectivity index (χ4n) is 7.94. The molecule has 0 aliphatic carbocycles. The zero-order valence-electron chi connectivity index (χ0n) is 26.2. The van der Waals surface area contributed by atoms with Crippen LogP contribution in [0, 0.1) is 0 Å². The maximum atomic E-state index is 2.43. The van der Waals surface area contributed by atoms with E-state index in [-0.39, 0.29) is 0 Å². The second kappa shape index (κ2) is 10.6. The summed E-state index contributed by atoms with van der Waals surface area (Å²) in [5, 5.41) is 7.53. The van der Waals surface area contributed by atoms with Crippen LogP contribution in [0.5, 0.6) is 0 Å². The van der Waals surface area contributed by atoms with Crippen molar-refractivity contribution in [2.75, 3.05) is 0 Å². The van der Waals surface area contributed by atoms with Crippen LogP contribution >= 0.6 is 0 Å². The lowest BCUT2D eigenvalue weighted by Gasteiger charge is -2.16. The van der Waals surface area contributed by atoms with Crippen molar-refractivity contribution in [2.45, 2.75) is 0 Å². The topological polar surface area (TPSA) is 9.86 Å². The molecule has 2 aromatic heterocycles. The van der Waals surface area contributed by atoms with Crippen molar-refractivity contribution in [3.63, 3.8) is 0 Å². The minimum atomic E-state index is 1.16. The van der Waals surface area contributed by atoms with Gasteiger partial charge in [-0.3, -0.25) is 0 Å². The molecule has 0 aliphatic rings. The highest BCUT2D eigenvalue weighted by atomic mass is 15.0. The van der Waals surface area contributed by atoms with Crippen molar-refractivity contribution < 1.29 is 0 Å². The predicted molar refractivity (Wildman–Crippen MR) is 203 cm³/mol. The van der Waals surface area contributed by atoms with Crippen LogP contribution in [-0.4, -0.2) is 9.13 Å². The molecule has 224 valence electrons. The van der Waals surface area contributed by atoms with Gasteiger partial charge in [-0.2, -0.15) is 0 Å². The van der Waals surface area contributed by atoms with E-state index in [1.165, 1.54) is 76.6 Å². The number of benzene rings is 8. The van der Waals surface area contributed by atoms with Crippen LogP contribution in [0.4, 0.5) is 0 Å². The molecule has 0 N–H and O–H groups in total. The molecule has 0 saturated heterocycles. The van der Waals surface area contributed by atoms with E-state index in [0.717, 1.165) is 11.4 Å². The lowest BCUT2D eigenvalue weighted by Crippen LogP contribution is -1.96.